The molecule has 0 saturated heterocycles. The van der Waals surface area contributed by atoms with Crippen molar-refractivity contribution in [3.63, 3.8) is 0 Å². The number of carbonyl (C=O) groups excluding carboxylic acids is 3. The molecule has 0 radical (unpaired) electrons. The van der Waals surface area contributed by atoms with Gasteiger partial charge in [0.05, 0.1) is 19.9 Å². The molecular weight excluding hydrogens is 478 g/mol. The van der Waals surface area contributed by atoms with Crippen LogP contribution in [-0.4, -0.2) is 57.0 Å². The number of ether oxygens (including phenoxy) is 4. The highest BCUT2D eigenvalue weighted by Crippen LogP contribution is 2.28. The van der Waals surface area contributed by atoms with E-state index in [1.165, 1.54) is 13.3 Å². The molecule has 10 heteroatoms. The summed E-state index contributed by atoms with van der Waals surface area (Å²) in [5, 5.41) is 6.75. The number of esters is 1. The Morgan fingerprint density at radius 1 is 0.973 bits per heavy atom. The quantitative estimate of drug-likeness (QED) is 0.226. The predicted octanol–water partition coefficient (Wildman–Crippen LogP) is 3.01. The largest absolute Gasteiger partial charge is 0.490 e. The van der Waals surface area contributed by atoms with Gasteiger partial charge in [0.15, 0.2) is 24.7 Å². The molecule has 2 aromatic rings. The maximum Gasteiger partial charge on any atom is 0.343 e. The van der Waals surface area contributed by atoms with Gasteiger partial charge in [-0.25, -0.2) is 10.2 Å². The molecule has 2 aromatic carbocycles. The first-order valence-corrected chi connectivity index (χ1v) is 12.0. The highest BCUT2D eigenvalue weighted by molar-refractivity contribution is 5.89. The molecule has 1 atom stereocenters. The number of hydrazone groups is 1. The van der Waals surface area contributed by atoms with Gasteiger partial charge in [0.1, 0.15) is 11.8 Å². The number of hydrogen-bond acceptors (Lipinski definition) is 8. The summed E-state index contributed by atoms with van der Waals surface area (Å²) < 4.78 is 21.2. The third kappa shape index (κ3) is 10.2. The van der Waals surface area contributed by atoms with E-state index in [1.54, 1.807) is 24.3 Å². The van der Waals surface area contributed by atoms with Gasteiger partial charge >= 0.3 is 5.97 Å². The van der Waals surface area contributed by atoms with E-state index in [4.69, 9.17) is 14.2 Å². The topological polar surface area (TPSA) is 125 Å². The van der Waals surface area contributed by atoms with E-state index in [-0.39, 0.29) is 19.1 Å². The fourth-order valence-electron chi connectivity index (χ4n) is 3.24. The number of rotatable bonds is 14. The lowest BCUT2D eigenvalue weighted by Crippen LogP contribution is -2.47. The number of nitrogens with one attached hydrogen (secondary N) is 2. The van der Waals surface area contributed by atoms with Crippen LogP contribution < -0.4 is 25.0 Å². The number of aryl methyl sites for hydroxylation is 1. The maximum absolute atomic E-state index is 12.8. The minimum atomic E-state index is -0.779. The van der Waals surface area contributed by atoms with Crippen molar-refractivity contribution in [3.05, 3.63) is 53.6 Å². The Morgan fingerprint density at radius 2 is 1.70 bits per heavy atom. The molecule has 200 valence electrons. The van der Waals surface area contributed by atoms with Gasteiger partial charge in [0.25, 0.3) is 11.8 Å². The molecule has 0 aliphatic heterocycles. The Bertz CT molecular complexity index is 1090. The number of methoxy groups -OCH3 is 1. The first-order valence-electron chi connectivity index (χ1n) is 12.0. The van der Waals surface area contributed by atoms with Crippen molar-refractivity contribution in [2.45, 2.75) is 40.2 Å². The van der Waals surface area contributed by atoms with Crippen LogP contribution in [-0.2, 0) is 19.1 Å². The van der Waals surface area contributed by atoms with Gasteiger partial charge in [-0.3, -0.25) is 9.59 Å². The van der Waals surface area contributed by atoms with Gasteiger partial charge in [0, 0.05) is 0 Å². The van der Waals surface area contributed by atoms with E-state index >= 15 is 0 Å². The second kappa shape index (κ2) is 15.1. The fraction of sp³-hybridized carbons (Fsp3) is 0.407. The van der Waals surface area contributed by atoms with Gasteiger partial charge in [-0.15, -0.1) is 0 Å². The SMILES string of the molecule is CCOc1cc(/C=N\NC(=O)[C@@H](CC(C)C)NC(=O)COc2ccccc2C)ccc1OCC(=O)OC. The van der Waals surface area contributed by atoms with E-state index in [1.807, 2.05) is 45.9 Å². The van der Waals surface area contributed by atoms with Crippen molar-refractivity contribution in [1.82, 2.24) is 10.7 Å². The van der Waals surface area contributed by atoms with Crippen molar-refractivity contribution < 1.29 is 33.3 Å². The smallest absolute Gasteiger partial charge is 0.343 e. The minimum absolute atomic E-state index is 0.156. The Kier molecular flexibility index (Phi) is 11.9. The van der Waals surface area contributed by atoms with Crippen molar-refractivity contribution in [1.29, 1.82) is 0 Å². The molecule has 37 heavy (non-hydrogen) atoms. The van der Waals surface area contributed by atoms with Gasteiger partial charge in [-0.05, 0) is 61.6 Å². The van der Waals surface area contributed by atoms with Crippen LogP contribution in [0.5, 0.6) is 17.2 Å². The molecule has 0 aliphatic rings. The molecule has 2 amide bonds. The molecule has 0 bridgehead atoms. The lowest BCUT2D eigenvalue weighted by atomic mass is 10.0. The Labute approximate surface area is 217 Å². The predicted molar refractivity (Wildman–Crippen MR) is 139 cm³/mol. The van der Waals surface area contributed by atoms with Gasteiger partial charge in [-0.2, -0.15) is 5.10 Å². The molecule has 0 saturated carbocycles. The van der Waals surface area contributed by atoms with Gasteiger partial charge in [0.2, 0.25) is 0 Å². The zero-order chi connectivity index (χ0) is 27.2. The summed E-state index contributed by atoms with van der Waals surface area (Å²) in [4.78, 5) is 36.6. The van der Waals surface area contributed by atoms with Crippen molar-refractivity contribution >= 4 is 24.0 Å². The molecule has 0 spiro atoms. The summed E-state index contributed by atoms with van der Waals surface area (Å²) in [6, 6.07) is 11.6. The molecule has 0 heterocycles. The minimum Gasteiger partial charge on any atom is -0.490 e. The van der Waals surface area contributed by atoms with E-state index in [9.17, 15) is 14.4 Å². The number of amides is 2. The average molecular weight is 514 g/mol. The lowest BCUT2D eigenvalue weighted by Gasteiger charge is -2.19. The third-order valence-electron chi connectivity index (χ3n) is 5.04. The number of hydrogen-bond donors (Lipinski definition) is 2. The molecule has 2 N–H and O–H groups in total. The van der Waals surface area contributed by atoms with Crippen LogP contribution in [0.25, 0.3) is 0 Å². The maximum atomic E-state index is 12.8. The lowest BCUT2D eigenvalue weighted by molar-refractivity contribution is -0.143. The van der Waals surface area contributed by atoms with Crippen LogP contribution in [0.2, 0.25) is 0 Å². The second-order valence-electron chi connectivity index (χ2n) is 8.54. The van der Waals surface area contributed by atoms with E-state index in [0.29, 0.717) is 35.8 Å². The summed E-state index contributed by atoms with van der Waals surface area (Å²) >= 11 is 0. The first-order chi connectivity index (χ1) is 17.7. The third-order valence-corrected chi connectivity index (χ3v) is 5.04. The summed E-state index contributed by atoms with van der Waals surface area (Å²) in [6.07, 6.45) is 1.87. The molecule has 0 aliphatic carbocycles. The summed E-state index contributed by atoms with van der Waals surface area (Å²) in [5.41, 5.74) is 4.02. The molecule has 0 fully saturated rings. The number of nitrogens with zero attached hydrogens (tertiary/aromatic N) is 1. The van der Waals surface area contributed by atoms with Crippen molar-refractivity contribution in [3.8, 4) is 17.2 Å². The molecular formula is C27H35N3O7. The van der Waals surface area contributed by atoms with E-state index < -0.39 is 23.8 Å². The molecule has 2 rings (SSSR count). The van der Waals surface area contributed by atoms with Gasteiger partial charge < -0.3 is 24.3 Å². The van der Waals surface area contributed by atoms with Crippen molar-refractivity contribution in [2.24, 2.45) is 11.0 Å². The van der Waals surface area contributed by atoms with Crippen LogP contribution >= 0.6 is 0 Å². The summed E-state index contributed by atoms with van der Waals surface area (Å²) in [7, 11) is 1.28. The van der Waals surface area contributed by atoms with E-state index in [2.05, 4.69) is 20.6 Å². The highest BCUT2D eigenvalue weighted by atomic mass is 16.6. The Balaban J connectivity index is 1.99. The fourth-order valence-corrected chi connectivity index (χ4v) is 3.24. The average Bonchev–Trinajstić information content (AvgIpc) is 2.87. The monoisotopic (exact) mass is 513 g/mol. The van der Waals surface area contributed by atoms with Crippen LogP contribution in [0.15, 0.2) is 47.6 Å². The standard InChI is InChI=1S/C27H35N3O7/c1-6-35-24-14-20(11-12-23(24)37-17-26(32)34-5)15-28-30-27(33)21(13-18(2)3)29-25(31)16-36-22-10-8-7-9-19(22)4/h7-12,14-15,18,21H,6,13,16-17H2,1-5H3,(H,29,31)(H,30,33)/b28-15-/t21-/m1/s1. The van der Waals surface area contributed by atoms with E-state index in [0.717, 1.165) is 5.56 Å². The zero-order valence-electron chi connectivity index (χ0n) is 21.9. The molecule has 0 aromatic heterocycles. The van der Waals surface area contributed by atoms with Crippen LogP contribution in [0.3, 0.4) is 0 Å². The van der Waals surface area contributed by atoms with Crippen LogP contribution in [0, 0.1) is 12.8 Å². The van der Waals surface area contributed by atoms with Gasteiger partial charge in [-0.1, -0.05) is 32.0 Å². The van der Waals surface area contributed by atoms with Crippen LogP contribution in [0.1, 0.15) is 38.3 Å². The molecule has 10 nitrogen and oxygen atoms in total. The number of benzene rings is 2. The second-order valence-corrected chi connectivity index (χ2v) is 8.54. The normalized spacial score (nSPS) is 11.6. The Morgan fingerprint density at radius 3 is 2.38 bits per heavy atom. The number of para-hydroxylation sites is 1. The highest BCUT2D eigenvalue weighted by Gasteiger charge is 2.22. The Hall–Kier alpha value is -4.08. The van der Waals surface area contributed by atoms with Crippen molar-refractivity contribution in [2.75, 3.05) is 26.9 Å². The summed E-state index contributed by atoms with van der Waals surface area (Å²) in [5.74, 6) is 0.194. The summed E-state index contributed by atoms with van der Waals surface area (Å²) in [6.45, 7) is 7.55. The van der Waals surface area contributed by atoms with Crippen LogP contribution in [0.4, 0.5) is 0 Å². The number of carbonyl (C=O) groups is 3. The zero-order valence-corrected chi connectivity index (χ0v) is 21.9. The molecule has 0 unspecified atom stereocenters. The first kappa shape index (κ1) is 29.2.